The lowest BCUT2D eigenvalue weighted by Crippen LogP contribution is -2.28. The molecule has 1 N–H and O–H groups in total. The first kappa shape index (κ1) is 8.77. The summed E-state index contributed by atoms with van der Waals surface area (Å²) in [5.74, 6) is -0.797. The molecule has 4 heteroatoms. The minimum absolute atomic E-state index is 0.101. The first-order valence-electron chi connectivity index (χ1n) is 3.72. The Balaban J connectivity index is 2.79. The van der Waals surface area contributed by atoms with Crippen LogP contribution in [0.1, 0.15) is 20.3 Å². The fraction of sp³-hybridized carbons (Fsp3) is 0.500. The number of aromatic nitrogens is 2. The van der Waals surface area contributed by atoms with Crippen molar-refractivity contribution in [2.45, 2.75) is 25.8 Å². The standard InChI is InChI=1S/C8H12N2O2/c1-8(2,5-7(11)12)10-4-3-9-6-10/h3-4,6H,5H2,1-2H3,(H,11,12). The van der Waals surface area contributed by atoms with E-state index in [1.807, 2.05) is 13.8 Å². The zero-order valence-corrected chi connectivity index (χ0v) is 7.19. The van der Waals surface area contributed by atoms with Crippen LogP contribution >= 0.6 is 0 Å². The molecule has 0 saturated carbocycles. The van der Waals surface area contributed by atoms with Crippen LogP contribution in [-0.2, 0) is 10.3 Å². The Labute approximate surface area is 70.9 Å². The highest BCUT2D eigenvalue weighted by Gasteiger charge is 2.22. The first-order chi connectivity index (χ1) is 5.52. The predicted molar refractivity (Wildman–Crippen MR) is 43.8 cm³/mol. The van der Waals surface area contributed by atoms with Crippen molar-refractivity contribution in [3.05, 3.63) is 18.7 Å². The van der Waals surface area contributed by atoms with E-state index in [9.17, 15) is 4.79 Å². The van der Waals surface area contributed by atoms with E-state index >= 15 is 0 Å². The molecule has 0 radical (unpaired) electrons. The Morgan fingerprint density at radius 1 is 1.67 bits per heavy atom. The molecular formula is C8H12N2O2. The van der Waals surface area contributed by atoms with Crippen molar-refractivity contribution in [1.29, 1.82) is 0 Å². The Morgan fingerprint density at radius 2 is 2.33 bits per heavy atom. The van der Waals surface area contributed by atoms with Crippen LogP contribution in [0.15, 0.2) is 18.7 Å². The molecule has 0 amide bonds. The Bertz CT molecular complexity index is 265. The van der Waals surface area contributed by atoms with Gasteiger partial charge in [-0.15, -0.1) is 0 Å². The molecule has 0 saturated heterocycles. The number of hydrogen-bond acceptors (Lipinski definition) is 2. The third-order valence-electron chi connectivity index (χ3n) is 1.79. The molecule has 0 aliphatic heterocycles. The molecule has 1 aromatic rings. The van der Waals surface area contributed by atoms with E-state index in [0.29, 0.717) is 0 Å². The van der Waals surface area contributed by atoms with Gasteiger partial charge >= 0.3 is 5.97 Å². The Morgan fingerprint density at radius 3 is 2.75 bits per heavy atom. The number of carboxylic acid groups (broad SMARTS) is 1. The average molecular weight is 168 g/mol. The topological polar surface area (TPSA) is 55.1 Å². The van der Waals surface area contributed by atoms with Crippen LogP contribution in [0.25, 0.3) is 0 Å². The summed E-state index contributed by atoms with van der Waals surface area (Å²) in [6.07, 6.45) is 5.14. The van der Waals surface area contributed by atoms with E-state index in [-0.39, 0.29) is 6.42 Å². The molecule has 1 rings (SSSR count). The van der Waals surface area contributed by atoms with E-state index in [2.05, 4.69) is 4.98 Å². The van der Waals surface area contributed by atoms with E-state index in [4.69, 9.17) is 5.11 Å². The lowest BCUT2D eigenvalue weighted by atomic mass is 10.0. The maximum absolute atomic E-state index is 10.5. The van der Waals surface area contributed by atoms with Crippen LogP contribution in [-0.4, -0.2) is 20.6 Å². The molecule has 0 bridgehead atoms. The van der Waals surface area contributed by atoms with Crippen molar-refractivity contribution < 1.29 is 9.90 Å². The highest BCUT2D eigenvalue weighted by Crippen LogP contribution is 2.18. The number of imidazole rings is 1. The summed E-state index contributed by atoms with van der Waals surface area (Å²) in [5, 5.41) is 8.61. The first-order valence-corrected chi connectivity index (χ1v) is 3.72. The largest absolute Gasteiger partial charge is 0.481 e. The molecule has 12 heavy (non-hydrogen) atoms. The van der Waals surface area contributed by atoms with Crippen molar-refractivity contribution in [1.82, 2.24) is 9.55 Å². The van der Waals surface area contributed by atoms with Gasteiger partial charge in [0.25, 0.3) is 0 Å². The molecule has 4 nitrogen and oxygen atoms in total. The Hall–Kier alpha value is -1.32. The van der Waals surface area contributed by atoms with Gasteiger partial charge in [-0.3, -0.25) is 4.79 Å². The van der Waals surface area contributed by atoms with Gasteiger partial charge in [-0.2, -0.15) is 0 Å². The molecule has 0 unspecified atom stereocenters. The van der Waals surface area contributed by atoms with Gasteiger partial charge < -0.3 is 9.67 Å². The SMILES string of the molecule is CC(C)(CC(=O)O)n1ccnc1. The number of nitrogens with zero attached hydrogens (tertiary/aromatic N) is 2. The van der Waals surface area contributed by atoms with Gasteiger partial charge in [-0.05, 0) is 13.8 Å². The fourth-order valence-electron chi connectivity index (χ4n) is 1.08. The normalized spacial score (nSPS) is 11.5. The number of carboxylic acids is 1. The van der Waals surface area contributed by atoms with Gasteiger partial charge in [-0.25, -0.2) is 4.98 Å². The van der Waals surface area contributed by atoms with E-state index < -0.39 is 11.5 Å². The summed E-state index contributed by atoms with van der Waals surface area (Å²) in [5.41, 5.74) is -0.400. The molecule has 0 atom stereocenters. The molecule has 0 aliphatic rings. The summed E-state index contributed by atoms with van der Waals surface area (Å²) >= 11 is 0. The molecule has 0 aliphatic carbocycles. The van der Waals surface area contributed by atoms with Crippen LogP contribution in [0, 0.1) is 0 Å². The minimum atomic E-state index is -0.797. The zero-order valence-electron chi connectivity index (χ0n) is 7.19. The second-order valence-electron chi connectivity index (χ2n) is 3.35. The second-order valence-corrected chi connectivity index (χ2v) is 3.35. The molecule has 0 aromatic carbocycles. The van der Waals surface area contributed by atoms with Gasteiger partial charge in [-0.1, -0.05) is 0 Å². The molecule has 1 aromatic heterocycles. The van der Waals surface area contributed by atoms with Crippen LogP contribution in [0.5, 0.6) is 0 Å². The predicted octanol–water partition coefficient (Wildman–Crippen LogP) is 1.09. The van der Waals surface area contributed by atoms with E-state index in [1.165, 1.54) is 0 Å². The summed E-state index contributed by atoms with van der Waals surface area (Å²) in [7, 11) is 0. The molecule has 0 fully saturated rings. The summed E-state index contributed by atoms with van der Waals surface area (Å²) in [6, 6.07) is 0. The van der Waals surface area contributed by atoms with Crippen molar-refractivity contribution in [3.8, 4) is 0 Å². The maximum atomic E-state index is 10.5. The lowest BCUT2D eigenvalue weighted by Gasteiger charge is -2.23. The van der Waals surface area contributed by atoms with Crippen LogP contribution in [0.3, 0.4) is 0 Å². The zero-order chi connectivity index (χ0) is 9.19. The van der Waals surface area contributed by atoms with Gasteiger partial charge in [0.1, 0.15) is 0 Å². The van der Waals surface area contributed by atoms with Crippen LogP contribution in [0.2, 0.25) is 0 Å². The fourth-order valence-corrected chi connectivity index (χ4v) is 1.08. The quantitative estimate of drug-likeness (QED) is 0.735. The van der Waals surface area contributed by atoms with Gasteiger partial charge in [0.05, 0.1) is 18.3 Å². The van der Waals surface area contributed by atoms with Gasteiger partial charge in [0.2, 0.25) is 0 Å². The average Bonchev–Trinajstić information content (AvgIpc) is 2.32. The maximum Gasteiger partial charge on any atom is 0.305 e. The third kappa shape index (κ3) is 1.84. The van der Waals surface area contributed by atoms with Gasteiger partial charge in [0.15, 0.2) is 0 Å². The number of rotatable bonds is 3. The van der Waals surface area contributed by atoms with Gasteiger partial charge in [0, 0.05) is 12.4 Å². The van der Waals surface area contributed by atoms with Crippen molar-refractivity contribution in [2.24, 2.45) is 0 Å². The van der Waals surface area contributed by atoms with Crippen molar-refractivity contribution in [2.75, 3.05) is 0 Å². The molecule has 66 valence electrons. The highest BCUT2D eigenvalue weighted by molar-refractivity contribution is 5.67. The third-order valence-corrected chi connectivity index (χ3v) is 1.79. The Kier molecular flexibility index (Phi) is 2.17. The number of carbonyl (C=O) groups is 1. The molecule has 1 heterocycles. The highest BCUT2D eigenvalue weighted by atomic mass is 16.4. The summed E-state index contributed by atoms with van der Waals surface area (Å²) in [4.78, 5) is 14.3. The number of aliphatic carboxylic acids is 1. The van der Waals surface area contributed by atoms with Crippen molar-refractivity contribution in [3.63, 3.8) is 0 Å². The second kappa shape index (κ2) is 2.97. The number of hydrogen-bond donors (Lipinski definition) is 1. The van der Waals surface area contributed by atoms with Crippen LogP contribution in [0.4, 0.5) is 0 Å². The van der Waals surface area contributed by atoms with E-state index in [0.717, 1.165) is 0 Å². The molecular weight excluding hydrogens is 156 g/mol. The summed E-state index contributed by atoms with van der Waals surface area (Å²) in [6.45, 7) is 3.73. The minimum Gasteiger partial charge on any atom is -0.481 e. The smallest absolute Gasteiger partial charge is 0.305 e. The molecule has 0 spiro atoms. The lowest BCUT2D eigenvalue weighted by molar-refractivity contribution is -0.138. The van der Waals surface area contributed by atoms with Crippen LogP contribution < -0.4 is 0 Å². The van der Waals surface area contributed by atoms with Crippen molar-refractivity contribution >= 4 is 5.97 Å². The summed E-state index contributed by atoms with van der Waals surface area (Å²) < 4.78 is 1.79. The monoisotopic (exact) mass is 168 g/mol. The van der Waals surface area contributed by atoms with E-state index in [1.54, 1.807) is 23.3 Å².